The average molecular weight is 405 g/mol. The number of alkyl halides is 3. The molecule has 2 aromatic carbocycles. The number of hydrogen-bond acceptors (Lipinski definition) is 3. The summed E-state index contributed by atoms with van der Waals surface area (Å²) in [7, 11) is 0. The number of nitrogens with two attached hydrogens (primary N) is 1. The number of carbonyl (C=O) groups excluding carboxylic acids is 2. The van der Waals surface area contributed by atoms with Crippen molar-refractivity contribution in [3.05, 3.63) is 71.3 Å². The summed E-state index contributed by atoms with van der Waals surface area (Å²) in [5.74, 6) is -0.590. The van der Waals surface area contributed by atoms with Gasteiger partial charge in [0.05, 0.1) is 5.56 Å². The monoisotopic (exact) mass is 405 g/mol. The molecule has 2 amide bonds. The fraction of sp³-hybridized carbons (Fsp3) is 0.333. The molecule has 0 spiro atoms. The van der Waals surface area contributed by atoms with Crippen molar-refractivity contribution in [3.8, 4) is 0 Å². The Morgan fingerprint density at radius 2 is 1.59 bits per heavy atom. The summed E-state index contributed by atoms with van der Waals surface area (Å²) in [6, 6.07) is 12.3. The number of rotatable bonds is 4. The van der Waals surface area contributed by atoms with Gasteiger partial charge in [0.1, 0.15) is 6.04 Å². The van der Waals surface area contributed by atoms with E-state index in [0.717, 1.165) is 29.8 Å². The van der Waals surface area contributed by atoms with Crippen molar-refractivity contribution in [2.45, 2.75) is 31.1 Å². The molecule has 29 heavy (non-hydrogen) atoms. The van der Waals surface area contributed by atoms with Crippen molar-refractivity contribution in [2.75, 3.05) is 13.1 Å². The maximum absolute atomic E-state index is 12.6. The van der Waals surface area contributed by atoms with Crippen LogP contribution in [0.15, 0.2) is 54.6 Å². The van der Waals surface area contributed by atoms with Crippen LogP contribution >= 0.6 is 0 Å². The van der Waals surface area contributed by atoms with Gasteiger partial charge in [-0.15, -0.1) is 0 Å². The van der Waals surface area contributed by atoms with Gasteiger partial charge >= 0.3 is 6.18 Å². The Hall–Kier alpha value is -2.87. The molecule has 0 radical (unpaired) electrons. The van der Waals surface area contributed by atoms with Crippen molar-refractivity contribution in [2.24, 2.45) is 5.73 Å². The summed E-state index contributed by atoms with van der Waals surface area (Å²) in [5, 5.41) is 2.82. The van der Waals surface area contributed by atoms with Crippen LogP contribution in [0.5, 0.6) is 0 Å². The van der Waals surface area contributed by atoms with E-state index in [2.05, 4.69) is 5.32 Å². The van der Waals surface area contributed by atoms with Crippen LogP contribution in [0.25, 0.3) is 0 Å². The van der Waals surface area contributed by atoms with Crippen LogP contribution in [0.3, 0.4) is 0 Å². The van der Waals surface area contributed by atoms with E-state index < -0.39 is 23.7 Å². The number of hydrogen-bond donors (Lipinski definition) is 2. The fourth-order valence-corrected chi connectivity index (χ4v) is 3.32. The van der Waals surface area contributed by atoms with Gasteiger partial charge < -0.3 is 16.0 Å². The molecule has 0 saturated carbocycles. The highest BCUT2D eigenvalue weighted by molar-refractivity contribution is 5.94. The molecule has 1 fully saturated rings. The van der Waals surface area contributed by atoms with Crippen LogP contribution in [0.2, 0.25) is 0 Å². The predicted octanol–water partition coefficient (Wildman–Crippen LogP) is 3.13. The molecule has 8 heteroatoms. The van der Waals surface area contributed by atoms with E-state index >= 15 is 0 Å². The smallest absolute Gasteiger partial charge is 0.349 e. The van der Waals surface area contributed by atoms with E-state index in [-0.39, 0.29) is 17.5 Å². The molecular weight excluding hydrogens is 383 g/mol. The first-order valence-electron chi connectivity index (χ1n) is 9.33. The number of amides is 2. The number of piperidine rings is 1. The first-order chi connectivity index (χ1) is 13.8. The van der Waals surface area contributed by atoms with E-state index in [0.29, 0.717) is 25.9 Å². The second kappa shape index (κ2) is 8.65. The van der Waals surface area contributed by atoms with Crippen molar-refractivity contribution < 1.29 is 22.8 Å². The summed E-state index contributed by atoms with van der Waals surface area (Å²) in [4.78, 5) is 26.6. The third kappa shape index (κ3) is 5.14. The molecular formula is C21H22F3N3O2. The van der Waals surface area contributed by atoms with Gasteiger partial charge in [-0.3, -0.25) is 9.59 Å². The van der Waals surface area contributed by atoms with Crippen LogP contribution in [0.4, 0.5) is 13.2 Å². The number of nitrogens with one attached hydrogen (secondary N) is 1. The Labute approximate surface area is 166 Å². The molecule has 3 rings (SSSR count). The number of benzene rings is 2. The van der Waals surface area contributed by atoms with Crippen LogP contribution in [0.1, 0.15) is 40.4 Å². The highest BCUT2D eigenvalue weighted by Gasteiger charge is 2.31. The topological polar surface area (TPSA) is 75.4 Å². The lowest BCUT2D eigenvalue weighted by atomic mass is 10.0. The zero-order chi connectivity index (χ0) is 21.0. The SMILES string of the molecule is N[C@H](C(=O)N1CCC(NC(=O)c2ccc(C(F)(F)F)cc2)CC1)c1ccccc1. The molecule has 1 aliphatic heterocycles. The van der Waals surface area contributed by atoms with Gasteiger partial charge in [-0.05, 0) is 42.7 Å². The molecule has 0 aromatic heterocycles. The quantitative estimate of drug-likeness (QED) is 0.821. The minimum Gasteiger partial charge on any atom is -0.349 e. The number of carbonyl (C=O) groups is 2. The lowest BCUT2D eigenvalue weighted by Gasteiger charge is -2.34. The third-order valence-electron chi connectivity index (χ3n) is 5.04. The highest BCUT2D eigenvalue weighted by Crippen LogP contribution is 2.29. The lowest BCUT2D eigenvalue weighted by Crippen LogP contribution is -2.48. The second-order valence-corrected chi connectivity index (χ2v) is 7.04. The molecule has 0 unspecified atom stereocenters. The zero-order valence-corrected chi connectivity index (χ0v) is 15.7. The molecule has 3 N–H and O–H groups in total. The minimum absolute atomic E-state index is 0.151. The van der Waals surface area contributed by atoms with Crippen molar-refractivity contribution >= 4 is 11.8 Å². The Morgan fingerprint density at radius 1 is 1.00 bits per heavy atom. The normalized spacial score (nSPS) is 16.3. The Bertz CT molecular complexity index is 846. The molecule has 1 atom stereocenters. The largest absolute Gasteiger partial charge is 0.416 e. The predicted molar refractivity (Wildman–Crippen MR) is 102 cm³/mol. The van der Waals surface area contributed by atoms with E-state index in [1.165, 1.54) is 0 Å². The van der Waals surface area contributed by atoms with Gasteiger partial charge in [0.2, 0.25) is 5.91 Å². The number of halogens is 3. The molecule has 154 valence electrons. The Kier molecular flexibility index (Phi) is 6.22. The highest BCUT2D eigenvalue weighted by atomic mass is 19.4. The first kappa shape index (κ1) is 20.9. The van der Waals surface area contributed by atoms with Crippen LogP contribution in [-0.4, -0.2) is 35.8 Å². The van der Waals surface area contributed by atoms with Gasteiger partial charge in [-0.25, -0.2) is 0 Å². The van der Waals surface area contributed by atoms with E-state index in [1.54, 1.807) is 17.0 Å². The minimum atomic E-state index is -4.44. The summed E-state index contributed by atoms with van der Waals surface area (Å²) in [6.07, 6.45) is -3.33. The first-order valence-corrected chi connectivity index (χ1v) is 9.33. The Morgan fingerprint density at radius 3 is 2.14 bits per heavy atom. The number of nitrogens with zero attached hydrogens (tertiary/aromatic N) is 1. The zero-order valence-electron chi connectivity index (χ0n) is 15.7. The molecule has 1 saturated heterocycles. The lowest BCUT2D eigenvalue weighted by molar-refractivity contribution is -0.137. The summed E-state index contributed by atoms with van der Waals surface area (Å²) >= 11 is 0. The average Bonchev–Trinajstić information content (AvgIpc) is 2.73. The molecule has 2 aromatic rings. The molecule has 1 aliphatic rings. The van der Waals surface area contributed by atoms with Crippen molar-refractivity contribution in [1.82, 2.24) is 10.2 Å². The van der Waals surface area contributed by atoms with Gasteiger partial charge in [-0.2, -0.15) is 13.2 Å². The standard InChI is InChI=1S/C21H22F3N3O2/c22-21(23,24)16-8-6-15(7-9-16)19(28)26-17-10-12-27(13-11-17)20(29)18(25)14-4-2-1-3-5-14/h1-9,17-18H,10-13,25H2,(H,26,28)/t18-/m0/s1. The van der Waals surface area contributed by atoms with E-state index in [9.17, 15) is 22.8 Å². The van der Waals surface area contributed by atoms with Crippen LogP contribution in [0, 0.1) is 0 Å². The van der Waals surface area contributed by atoms with E-state index in [1.807, 2.05) is 18.2 Å². The molecule has 0 aliphatic carbocycles. The van der Waals surface area contributed by atoms with Gasteiger partial charge in [0.15, 0.2) is 0 Å². The van der Waals surface area contributed by atoms with E-state index in [4.69, 9.17) is 5.73 Å². The fourth-order valence-electron chi connectivity index (χ4n) is 3.32. The van der Waals surface area contributed by atoms with Crippen LogP contribution < -0.4 is 11.1 Å². The van der Waals surface area contributed by atoms with Gasteiger partial charge in [0, 0.05) is 24.7 Å². The molecule has 1 heterocycles. The maximum Gasteiger partial charge on any atom is 0.416 e. The van der Waals surface area contributed by atoms with Gasteiger partial charge in [0.25, 0.3) is 5.91 Å². The third-order valence-corrected chi connectivity index (χ3v) is 5.04. The summed E-state index contributed by atoms with van der Waals surface area (Å²) in [5.41, 5.74) is 6.18. The van der Waals surface area contributed by atoms with Crippen molar-refractivity contribution in [3.63, 3.8) is 0 Å². The van der Waals surface area contributed by atoms with Gasteiger partial charge in [-0.1, -0.05) is 30.3 Å². The maximum atomic E-state index is 12.6. The molecule has 0 bridgehead atoms. The second-order valence-electron chi connectivity index (χ2n) is 7.04. The summed E-state index contributed by atoms with van der Waals surface area (Å²) < 4.78 is 37.9. The van der Waals surface area contributed by atoms with Crippen molar-refractivity contribution in [1.29, 1.82) is 0 Å². The summed E-state index contributed by atoms with van der Waals surface area (Å²) in [6.45, 7) is 0.911. The molecule has 5 nitrogen and oxygen atoms in total. The Balaban J connectivity index is 1.52. The number of likely N-dealkylation sites (tertiary alicyclic amines) is 1. The van der Waals surface area contributed by atoms with Crippen LogP contribution in [-0.2, 0) is 11.0 Å².